The molecule has 0 unspecified atom stereocenters. The molecule has 0 aliphatic heterocycles. The molecule has 0 spiro atoms. The summed E-state index contributed by atoms with van der Waals surface area (Å²) >= 11 is 0. The van der Waals surface area contributed by atoms with E-state index in [-0.39, 0.29) is 5.82 Å². The lowest BCUT2D eigenvalue weighted by Gasteiger charge is -2.10. The Morgan fingerprint density at radius 1 is 1.27 bits per heavy atom. The summed E-state index contributed by atoms with van der Waals surface area (Å²) in [6.07, 6.45) is 2.01. The molecule has 1 rings (SSSR count). The van der Waals surface area contributed by atoms with Crippen LogP contribution in [0, 0.1) is 17.8 Å². The third-order valence-electron chi connectivity index (χ3n) is 2.17. The first-order chi connectivity index (χ1) is 7.22. The highest BCUT2D eigenvalue weighted by Crippen LogP contribution is 2.05. The van der Waals surface area contributed by atoms with Crippen molar-refractivity contribution < 1.29 is 4.39 Å². The molecule has 0 amide bonds. The number of benzene rings is 1. The highest BCUT2D eigenvalue weighted by Gasteiger charge is 1.95. The molecule has 0 N–H and O–H groups in total. The average Bonchev–Trinajstić information content (AvgIpc) is 2.21. The van der Waals surface area contributed by atoms with Crippen molar-refractivity contribution in [2.75, 3.05) is 13.6 Å². The van der Waals surface area contributed by atoms with E-state index < -0.39 is 0 Å². The summed E-state index contributed by atoms with van der Waals surface area (Å²) in [7, 11) is 1.97. The fraction of sp³-hybridized carbons (Fsp3) is 0.385. The van der Waals surface area contributed by atoms with Gasteiger partial charge in [0, 0.05) is 19.6 Å². The zero-order valence-electron chi connectivity index (χ0n) is 9.26. The van der Waals surface area contributed by atoms with Gasteiger partial charge < -0.3 is 4.90 Å². The van der Waals surface area contributed by atoms with Gasteiger partial charge in [-0.1, -0.05) is 18.1 Å². The lowest BCUT2D eigenvalue weighted by molar-refractivity contribution is 0.468. The molecule has 0 aliphatic rings. The highest BCUT2D eigenvalue weighted by atomic mass is 19.1. The number of aryl methyl sites for hydroxylation is 1. The maximum Gasteiger partial charge on any atom is 0.123 e. The second-order valence-corrected chi connectivity index (χ2v) is 3.51. The van der Waals surface area contributed by atoms with Crippen molar-refractivity contribution in [1.82, 2.24) is 4.90 Å². The Morgan fingerprint density at radius 2 is 1.93 bits per heavy atom. The molecule has 1 aromatic carbocycles. The summed E-state index contributed by atoms with van der Waals surface area (Å²) in [5.74, 6) is 2.68. The van der Waals surface area contributed by atoms with Crippen LogP contribution in [0.2, 0.25) is 0 Å². The molecule has 15 heavy (non-hydrogen) atoms. The van der Waals surface area contributed by atoms with Crippen molar-refractivity contribution in [1.29, 1.82) is 0 Å². The Bertz CT molecular complexity index is 345. The molecule has 0 heterocycles. The van der Waals surface area contributed by atoms with Crippen molar-refractivity contribution in [2.45, 2.75) is 19.8 Å². The predicted octanol–water partition coefficient (Wildman–Crippen LogP) is 2.67. The lowest BCUT2D eigenvalue weighted by atomic mass is 10.1. The monoisotopic (exact) mass is 205 g/mol. The maximum absolute atomic E-state index is 12.6. The molecule has 1 nitrogen and oxygen atoms in total. The van der Waals surface area contributed by atoms with E-state index in [0.717, 1.165) is 19.4 Å². The third kappa shape index (κ3) is 4.51. The molecule has 0 saturated heterocycles. The normalized spacial score (nSPS) is 9.27. The molecule has 0 aliphatic carbocycles. The van der Waals surface area contributed by atoms with Gasteiger partial charge in [0.15, 0.2) is 0 Å². The van der Waals surface area contributed by atoms with Crippen molar-refractivity contribution in [3.05, 3.63) is 35.6 Å². The van der Waals surface area contributed by atoms with Gasteiger partial charge in [0.25, 0.3) is 0 Å². The number of hydrogen-bond acceptors (Lipinski definition) is 1. The van der Waals surface area contributed by atoms with Crippen LogP contribution in [0.25, 0.3) is 0 Å². The van der Waals surface area contributed by atoms with E-state index in [4.69, 9.17) is 0 Å². The molecule has 0 bridgehead atoms. The molecular formula is C13H16FN. The molecule has 0 saturated carbocycles. The minimum absolute atomic E-state index is 0.173. The molecule has 80 valence electrons. The maximum atomic E-state index is 12.6. The summed E-state index contributed by atoms with van der Waals surface area (Å²) in [5.41, 5.74) is 1.18. The van der Waals surface area contributed by atoms with Crippen LogP contribution in [-0.2, 0) is 6.42 Å². The Morgan fingerprint density at radius 3 is 2.53 bits per heavy atom. The number of rotatable bonds is 4. The Balaban J connectivity index is 2.30. The molecule has 0 fully saturated rings. The van der Waals surface area contributed by atoms with E-state index in [0.29, 0.717) is 0 Å². The highest BCUT2D eigenvalue weighted by molar-refractivity contribution is 5.16. The molecule has 0 atom stereocenters. The van der Waals surface area contributed by atoms with E-state index >= 15 is 0 Å². The summed E-state index contributed by atoms with van der Waals surface area (Å²) in [6.45, 7) is 2.77. The van der Waals surface area contributed by atoms with Gasteiger partial charge in [0.2, 0.25) is 0 Å². The smallest absolute Gasteiger partial charge is 0.123 e. The summed E-state index contributed by atoms with van der Waals surface area (Å²) < 4.78 is 12.6. The summed E-state index contributed by atoms with van der Waals surface area (Å²) in [6, 6.07) is 9.64. The Kier molecular flexibility index (Phi) is 4.70. The van der Waals surface area contributed by atoms with E-state index in [2.05, 4.69) is 12.0 Å². The quantitative estimate of drug-likeness (QED) is 0.539. The van der Waals surface area contributed by atoms with E-state index in [1.54, 1.807) is 0 Å². The first kappa shape index (κ1) is 11.6. The first-order valence-corrected chi connectivity index (χ1v) is 5.10. The van der Waals surface area contributed by atoms with Crippen LogP contribution < -0.4 is 0 Å². The second-order valence-electron chi connectivity index (χ2n) is 3.51. The summed E-state index contributed by atoms with van der Waals surface area (Å²) in [4.78, 5) is 1.98. The average molecular weight is 205 g/mol. The molecule has 0 radical (unpaired) electrons. The van der Waals surface area contributed by atoms with Gasteiger partial charge in [-0.2, -0.15) is 0 Å². The molecule has 2 heteroatoms. The van der Waals surface area contributed by atoms with Gasteiger partial charge in [0.1, 0.15) is 5.82 Å². The van der Waals surface area contributed by atoms with Crippen LogP contribution in [0.4, 0.5) is 4.39 Å². The standard InChI is InChI=1S/C13H16FN/c1-3-10-15(2)11-4-5-12-6-8-13(14)9-7-12/h6-9H,4-5,11H2,1-2H3. The minimum atomic E-state index is -0.173. The fourth-order valence-electron chi connectivity index (χ4n) is 1.42. The van der Waals surface area contributed by atoms with Crippen molar-refractivity contribution >= 4 is 0 Å². The van der Waals surface area contributed by atoms with Crippen LogP contribution in [0.1, 0.15) is 18.9 Å². The van der Waals surface area contributed by atoms with Gasteiger partial charge >= 0.3 is 0 Å². The molecule has 1 aromatic rings. The van der Waals surface area contributed by atoms with Crippen molar-refractivity contribution in [3.63, 3.8) is 0 Å². The number of hydrogen-bond donors (Lipinski definition) is 0. The summed E-state index contributed by atoms with van der Waals surface area (Å²) in [5, 5.41) is 0. The van der Waals surface area contributed by atoms with Crippen LogP contribution in [-0.4, -0.2) is 18.5 Å². The lowest BCUT2D eigenvalue weighted by Crippen LogP contribution is -2.13. The number of halogens is 1. The van der Waals surface area contributed by atoms with E-state index in [1.165, 1.54) is 17.7 Å². The van der Waals surface area contributed by atoms with E-state index in [1.807, 2.05) is 31.0 Å². The van der Waals surface area contributed by atoms with Crippen LogP contribution in [0.5, 0.6) is 0 Å². The fourth-order valence-corrected chi connectivity index (χ4v) is 1.42. The first-order valence-electron chi connectivity index (χ1n) is 5.10. The van der Waals surface area contributed by atoms with Crippen LogP contribution in [0.3, 0.4) is 0 Å². The van der Waals surface area contributed by atoms with Crippen LogP contribution >= 0.6 is 0 Å². The zero-order valence-corrected chi connectivity index (χ0v) is 9.26. The molecular weight excluding hydrogens is 189 g/mol. The Hall–Kier alpha value is -1.49. The van der Waals surface area contributed by atoms with Gasteiger partial charge in [-0.3, -0.25) is 0 Å². The van der Waals surface area contributed by atoms with E-state index in [9.17, 15) is 4.39 Å². The topological polar surface area (TPSA) is 3.24 Å². The largest absolute Gasteiger partial charge is 0.336 e. The predicted molar refractivity (Wildman–Crippen MR) is 60.8 cm³/mol. The van der Waals surface area contributed by atoms with Crippen molar-refractivity contribution in [3.8, 4) is 12.0 Å². The second kappa shape index (κ2) is 6.08. The van der Waals surface area contributed by atoms with Crippen molar-refractivity contribution in [2.24, 2.45) is 0 Å². The van der Waals surface area contributed by atoms with Gasteiger partial charge in [-0.05, 0) is 37.5 Å². The van der Waals surface area contributed by atoms with Gasteiger partial charge in [0.05, 0.1) is 0 Å². The van der Waals surface area contributed by atoms with Crippen LogP contribution in [0.15, 0.2) is 24.3 Å². The zero-order chi connectivity index (χ0) is 11.1. The Labute approximate surface area is 90.9 Å². The minimum Gasteiger partial charge on any atom is -0.336 e. The van der Waals surface area contributed by atoms with Gasteiger partial charge in [-0.25, -0.2) is 4.39 Å². The van der Waals surface area contributed by atoms with Gasteiger partial charge in [-0.15, -0.1) is 0 Å². The third-order valence-corrected chi connectivity index (χ3v) is 2.17. The molecule has 0 aromatic heterocycles. The number of nitrogens with zero attached hydrogens (tertiary/aromatic N) is 1. The SMILES string of the molecule is CC#CN(C)CCCc1ccc(F)cc1.